The molecule has 11 heteroatoms. The predicted molar refractivity (Wildman–Crippen MR) is 120 cm³/mol. The summed E-state index contributed by atoms with van der Waals surface area (Å²) in [5.41, 5.74) is 0.230. The molecule has 8 N–H and O–H groups in total. The third kappa shape index (κ3) is 4.57. The van der Waals surface area contributed by atoms with Crippen LogP contribution in [0.4, 0.5) is 0 Å². The van der Waals surface area contributed by atoms with E-state index in [-0.39, 0.29) is 16.4 Å². The van der Waals surface area contributed by atoms with E-state index >= 15 is 0 Å². The molecule has 0 aromatic rings. The summed E-state index contributed by atoms with van der Waals surface area (Å²) >= 11 is 0. The van der Waals surface area contributed by atoms with E-state index in [0.717, 1.165) is 19.3 Å². The SMILES string of the molecule is CC12CC3CC(C)(C1)CC(NC1O[C@H](CO)[C@@H](O[C@@H]4O[C@H](CO)[C@H](O)[C@H](O)[C@H]4O)[C@H](O)[C@H]1O)(C3)C2. The predicted octanol–water partition coefficient (Wildman–Crippen LogP) is -2.05. The highest BCUT2D eigenvalue weighted by Crippen LogP contribution is 2.66. The van der Waals surface area contributed by atoms with E-state index in [1.807, 2.05) is 0 Å². The zero-order valence-corrected chi connectivity index (χ0v) is 20.4. The number of hydrogen-bond donors (Lipinski definition) is 8. The molecule has 6 aliphatic rings. The molecule has 6 rings (SSSR count). The number of hydrogen-bond acceptors (Lipinski definition) is 11. The van der Waals surface area contributed by atoms with Crippen LogP contribution in [-0.4, -0.2) is 116 Å². The van der Waals surface area contributed by atoms with Crippen molar-refractivity contribution >= 4 is 0 Å². The van der Waals surface area contributed by atoms with Crippen LogP contribution in [0.15, 0.2) is 0 Å². The molecular weight excluding hydrogens is 462 g/mol. The third-order valence-electron chi connectivity index (χ3n) is 9.08. The van der Waals surface area contributed by atoms with E-state index < -0.39 is 74.6 Å². The number of aliphatic hydroxyl groups excluding tert-OH is 7. The second-order valence-corrected chi connectivity index (χ2v) is 12.6. The second-order valence-electron chi connectivity index (χ2n) is 12.6. The summed E-state index contributed by atoms with van der Waals surface area (Å²) in [5.74, 6) is 0.607. The normalized spacial score (nSPS) is 58.0. The summed E-state index contributed by atoms with van der Waals surface area (Å²) in [7, 11) is 0. The second kappa shape index (κ2) is 9.09. The Hall–Kier alpha value is -0.440. The maximum absolute atomic E-state index is 11.0. The summed E-state index contributed by atoms with van der Waals surface area (Å²) in [6, 6.07) is 0. The standard InChI is InChI=1S/C24H41NO10/c1-22-3-11-4-23(2,8-22)10-24(5-11,9-22)25-20-17(31)16(30)19(13(7-27)33-20)35-21-18(32)15(29)14(28)12(6-26)34-21/h11-21,25-32H,3-10H2,1-2H3/t11?,12-,13-,14+,15+,16-,17-,18-,19-,20?,21+,22?,23?,24?/m1/s1. The van der Waals surface area contributed by atoms with Crippen LogP contribution >= 0.6 is 0 Å². The lowest BCUT2D eigenvalue weighted by Gasteiger charge is -2.66. The van der Waals surface area contributed by atoms with Gasteiger partial charge in [-0.05, 0) is 55.3 Å². The molecule has 0 aromatic carbocycles. The minimum absolute atomic E-state index is 0.223. The van der Waals surface area contributed by atoms with Gasteiger partial charge in [0.15, 0.2) is 6.29 Å². The Kier molecular flexibility index (Phi) is 6.80. The van der Waals surface area contributed by atoms with E-state index in [4.69, 9.17) is 14.2 Å². The largest absolute Gasteiger partial charge is 0.394 e. The highest BCUT2D eigenvalue weighted by atomic mass is 16.7. The van der Waals surface area contributed by atoms with Crippen molar-refractivity contribution in [2.24, 2.45) is 16.7 Å². The average molecular weight is 504 g/mol. The minimum Gasteiger partial charge on any atom is -0.394 e. The van der Waals surface area contributed by atoms with E-state index in [0.29, 0.717) is 5.92 Å². The van der Waals surface area contributed by atoms with E-state index in [2.05, 4.69) is 19.2 Å². The van der Waals surface area contributed by atoms with Crippen LogP contribution in [0.25, 0.3) is 0 Å². The van der Waals surface area contributed by atoms with Gasteiger partial charge >= 0.3 is 0 Å². The van der Waals surface area contributed by atoms with Gasteiger partial charge in [0, 0.05) is 5.54 Å². The first kappa shape index (κ1) is 26.2. The summed E-state index contributed by atoms with van der Waals surface area (Å²) in [5, 5.41) is 75.3. The first-order valence-electron chi connectivity index (χ1n) is 12.8. The molecule has 35 heavy (non-hydrogen) atoms. The first-order valence-corrected chi connectivity index (χ1v) is 12.8. The molecule has 3 unspecified atom stereocenters. The Morgan fingerprint density at radius 2 is 1.37 bits per heavy atom. The topological polar surface area (TPSA) is 181 Å². The molecule has 4 aliphatic carbocycles. The Morgan fingerprint density at radius 3 is 1.94 bits per heavy atom. The molecule has 11 nitrogen and oxygen atoms in total. The lowest BCUT2D eigenvalue weighted by atomic mass is 9.42. The van der Waals surface area contributed by atoms with Crippen molar-refractivity contribution < 1.29 is 50.0 Å². The summed E-state index contributed by atoms with van der Waals surface area (Å²) in [4.78, 5) is 0. The molecule has 0 aromatic heterocycles. The molecule has 2 heterocycles. The fourth-order valence-electron chi connectivity index (χ4n) is 8.62. The van der Waals surface area contributed by atoms with Crippen molar-refractivity contribution in [3.8, 4) is 0 Å². The summed E-state index contributed by atoms with van der Waals surface area (Å²) < 4.78 is 17.1. The van der Waals surface area contributed by atoms with Gasteiger partial charge in [0.05, 0.1) is 13.2 Å². The zero-order chi connectivity index (χ0) is 25.3. The van der Waals surface area contributed by atoms with Gasteiger partial charge in [-0.25, -0.2) is 0 Å². The highest BCUT2D eigenvalue weighted by Gasteiger charge is 2.61. The van der Waals surface area contributed by atoms with Crippen LogP contribution in [0.2, 0.25) is 0 Å². The lowest BCUT2D eigenvalue weighted by Crippen LogP contribution is -2.71. The van der Waals surface area contributed by atoms with Crippen LogP contribution in [0, 0.1) is 16.7 Å². The Balaban J connectivity index is 1.30. The Bertz CT molecular complexity index is 763. The molecule has 4 saturated carbocycles. The lowest BCUT2D eigenvalue weighted by molar-refractivity contribution is -0.344. The number of ether oxygens (including phenoxy) is 3. The molecule has 202 valence electrons. The van der Waals surface area contributed by atoms with Gasteiger partial charge in [0.1, 0.15) is 55.1 Å². The van der Waals surface area contributed by atoms with Crippen molar-refractivity contribution in [2.45, 2.75) is 119 Å². The van der Waals surface area contributed by atoms with Gasteiger partial charge < -0.3 is 50.0 Å². The fraction of sp³-hybridized carbons (Fsp3) is 1.00. The number of rotatable bonds is 6. The third-order valence-corrected chi connectivity index (χ3v) is 9.08. The van der Waals surface area contributed by atoms with Crippen molar-refractivity contribution in [3.05, 3.63) is 0 Å². The maximum atomic E-state index is 11.0. The van der Waals surface area contributed by atoms with Crippen LogP contribution < -0.4 is 5.32 Å². The summed E-state index contributed by atoms with van der Waals surface area (Å²) in [6.07, 6.45) is -7.26. The van der Waals surface area contributed by atoms with Crippen molar-refractivity contribution in [2.75, 3.05) is 13.2 Å². The number of nitrogens with one attached hydrogen (secondary N) is 1. The van der Waals surface area contributed by atoms with Crippen LogP contribution in [0.3, 0.4) is 0 Å². The van der Waals surface area contributed by atoms with Crippen LogP contribution in [0.1, 0.15) is 52.4 Å². The Morgan fingerprint density at radius 1 is 0.743 bits per heavy atom. The smallest absolute Gasteiger partial charge is 0.187 e. The van der Waals surface area contributed by atoms with Crippen molar-refractivity contribution in [3.63, 3.8) is 0 Å². The van der Waals surface area contributed by atoms with Crippen molar-refractivity contribution in [1.82, 2.24) is 5.32 Å². The van der Waals surface area contributed by atoms with E-state index in [1.54, 1.807) is 0 Å². The minimum atomic E-state index is -1.68. The van der Waals surface area contributed by atoms with Crippen LogP contribution in [0.5, 0.6) is 0 Å². The first-order chi connectivity index (χ1) is 16.4. The van der Waals surface area contributed by atoms with Gasteiger partial charge in [0.2, 0.25) is 0 Å². The van der Waals surface area contributed by atoms with Crippen molar-refractivity contribution in [1.29, 1.82) is 0 Å². The zero-order valence-electron chi connectivity index (χ0n) is 20.4. The fourth-order valence-corrected chi connectivity index (χ4v) is 8.62. The van der Waals surface area contributed by atoms with Crippen LogP contribution in [-0.2, 0) is 14.2 Å². The van der Waals surface area contributed by atoms with Gasteiger partial charge in [-0.3, -0.25) is 5.32 Å². The summed E-state index contributed by atoms with van der Waals surface area (Å²) in [6.45, 7) is 3.50. The number of aliphatic hydroxyl groups is 7. The highest BCUT2D eigenvalue weighted by molar-refractivity contribution is 5.15. The maximum Gasteiger partial charge on any atom is 0.187 e. The molecule has 0 amide bonds. The Labute approximate surface area is 205 Å². The molecular formula is C24H41NO10. The average Bonchev–Trinajstić information content (AvgIpc) is 2.76. The molecule has 12 atom stereocenters. The molecule has 2 aliphatic heterocycles. The monoisotopic (exact) mass is 503 g/mol. The molecule has 2 saturated heterocycles. The molecule has 0 spiro atoms. The molecule has 4 bridgehead atoms. The van der Waals surface area contributed by atoms with Gasteiger partial charge in [-0.2, -0.15) is 0 Å². The quantitative estimate of drug-likeness (QED) is 0.200. The van der Waals surface area contributed by atoms with E-state index in [9.17, 15) is 35.7 Å². The molecule has 0 radical (unpaired) electrons. The van der Waals surface area contributed by atoms with Gasteiger partial charge in [0.25, 0.3) is 0 Å². The molecule has 6 fully saturated rings. The van der Waals surface area contributed by atoms with Gasteiger partial charge in [-0.1, -0.05) is 13.8 Å². The van der Waals surface area contributed by atoms with E-state index in [1.165, 1.54) is 19.3 Å². The van der Waals surface area contributed by atoms with Gasteiger partial charge in [-0.15, -0.1) is 0 Å².